The van der Waals surface area contributed by atoms with Crippen LogP contribution >= 0.6 is 0 Å². The molecule has 0 amide bonds. The quantitative estimate of drug-likeness (QED) is 0.122. The van der Waals surface area contributed by atoms with Crippen LogP contribution in [0, 0.1) is 24.3 Å². The van der Waals surface area contributed by atoms with Gasteiger partial charge in [-0.15, -0.1) is 0 Å². The number of benzene rings is 4. The van der Waals surface area contributed by atoms with Crippen LogP contribution in [0.5, 0.6) is 0 Å². The summed E-state index contributed by atoms with van der Waals surface area (Å²) in [6.07, 6.45) is 22.0. The molecule has 2 heteroatoms. The van der Waals surface area contributed by atoms with Crippen LogP contribution in [-0.4, -0.2) is 0 Å². The van der Waals surface area contributed by atoms with Crippen molar-refractivity contribution in [2.75, 3.05) is 0 Å². The van der Waals surface area contributed by atoms with Gasteiger partial charge in [-0.25, -0.2) is 0 Å². The summed E-state index contributed by atoms with van der Waals surface area (Å²) in [6.45, 7) is 0. The van der Waals surface area contributed by atoms with Crippen molar-refractivity contribution in [2.45, 2.75) is 25.7 Å². The molecule has 0 spiro atoms. The van der Waals surface area contributed by atoms with Crippen molar-refractivity contribution >= 4 is 0 Å². The summed E-state index contributed by atoms with van der Waals surface area (Å²) in [5.74, 6) is 0. The predicted molar refractivity (Wildman–Crippen MR) is 156 cm³/mol. The summed E-state index contributed by atoms with van der Waals surface area (Å²) in [5, 5.41) is 0. The summed E-state index contributed by atoms with van der Waals surface area (Å²) in [6, 6.07) is 50.0. The number of hydrogen-bond donors (Lipinski definition) is 0. The third-order valence-corrected chi connectivity index (χ3v) is 4.19. The van der Waals surface area contributed by atoms with Crippen LogP contribution in [0.3, 0.4) is 0 Å². The molecule has 0 nitrogen and oxygen atoms in total. The molecule has 200 valence electrons. The topological polar surface area (TPSA) is 0 Å². The van der Waals surface area contributed by atoms with Crippen molar-refractivity contribution in [3.63, 3.8) is 0 Å². The summed E-state index contributed by atoms with van der Waals surface area (Å²) in [7, 11) is 0. The van der Waals surface area contributed by atoms with E-state index in [1.54, 1.807) is 0 Å². The Morgan fingerprint density at radius 2 is 0.553 bits per heavy atom. The van der Waals surface area contributed by atoms with E-state index in [-0.39, 0.29) is 42.1 Å². The van der Waals surface area contributed by atoms with Gasteiger partial charge in [0, 0.05) is 21.1 Å². The fraction of sp³-hybridized carbons (Fsp3) is 0.111. The van der Waals surface area contributed by atoms with Crippen LogP contribution in [0.2, 0.25) is 0 Å². The molecule has 0 unspecified atom stereocenters. The second kappa shape index (κ2) is 34.2. The van der Waals surface area contributed by atoms with Gasteiger partial charge in [0.1, 0.15) is 0 Å². The van der Waals surface area contributed by atoms with Gasteiger partial charge >= 0.3 is 21.1 Å². The molecule has 2 aliphatic carbocycles. The molecule has 0 atom stereocenters. The summed E-state index contributed by atoms with van der Waals surface area (Å²) >= 11 is 0. The van der Waals surface area contributed by atoms with Gasteiger partial charge in [-0.05, 0) is 25.7 Å². The Morgan fingerprint density at radius 1 is 0.316 bits per heavy atom. The minimum absolute atomic E-state index is 0. The van der Waals surface area contributed by atoms with Crippen molar-refractivity contribution in [2.24, 2.45) is 0 Å². The van der Waals surface area contributed by atoms with E-state index in [1.165, 1.54) is 12.8 Å². The van der Waals surface area contributed by atoms with E-state index < -0.39 is 0 Å². The molecule has 0 heterocycles. The molecule has 6 rings (SSSR count). The molecule has 0 saturated carbocycles. The normalized spacial score (nSPS) is 10.9. The van der Waals surface area contributed by atoms with Crippen molar-refractivity contribution in [1.29, 1.82) is 0 Å². The minimum atomic E-state index is 0. The first-order chi connectivity index (χ1) is 18.0. The number of hydrogen-bond acceptors (Lipinski definition) is 0. The van der Waals surface area contributed by atoms with E-state index in [1.807, 2.05) is 121 Å². The van der Waals surface area contributed by atoms with Gasteiger partial charge in [-0.1, -0.05) is 48.6 Å². The second-order valence-electron chi connectivity index (χ2n) is 7.16. The molecule has 0 aromatic heterocycles. The molecule has 0 N–H and O–H groups in total. The maximum Gasteiger partial charge on any atom is 4.00 e. The Balaban J connectivity index is 0. The van der Waals surface area contributed by atoms with E-state index in [9.17, 15) is 0 Å². The monoisotopic (exact) mass is 858 g/mol. The van der Waals surface area contributed by atoms with Gasteiger partial charge < -0.3 is 0 Å². The average Bonchev–Trinajstić information content (AvgIpc) is 3.04. The molecule has 4 aromatic rings. The minimum Gasteiger partial charge on any atom is -0.184 e. The van der Waals surface area contributed by atoms with Crippen molar-refractivity contribution < 1.29 is 42.1 Å². The van der Waals surface area contributed by atoms with Crippen molar-refractivity contribution in [1.82, 2.24) is 0 Å². The van der Waals surface area contributed by atoms with Crippen LogP contribution in [0.4, 0.5) is 0 Å². The molecular weight excluding hydrogens is 823 g/mol. The van der Waals surface area contributed by atoms with Gasteiger partial charge in [-0.2, -0.15) is 146 Å². The van der Waals surface area contributed by atoms with E-state index in [4.69, 9.17) is 0 Å². The third kappa shape index (κ3) is 31.2. The standard InChI is InChI=1S/2C6H8.4C6H5.2Pt/c6*1-2-4-6-5-3-1;;/h1-2,5-6H,3-4H2;1-4H,5-6H2;4*1-5H;;/q;;4*-1;;+4. The van der Waals surface area contributed by atoms with E-state index >= 15 is 0 Å². The predicted octanol–water partition coefficient (Wildman–Crippen LogP) is 9.73. The molecule has 0 fully saturated rings. The summed E-state index contributed by atoms with van der Waals surface area (Å²) < 4.78 is 0. The van der Waals surface area contributed by atoms with Crippen LogP contribution in [0.25, 0.3) is 0 Å². The fourth-order valence-electron chi connectivity index (χ4n) is 2.45. The van der Waals surface area contributed by atoms with Gasteiger partial charge in [0.25, 0.3) is 0 Å². The number of allylic oxidation sites excluding steroid dienone is 8. The number of rotatable bonds is 0. The van der Waals surface area contributed by atoms with Crippen LogP contribution < -0.4 is 0 Å². The summed E-state index contributed by atoms with van der Waals surface area (Å²) in [5.41, 5.74) is 0. The maximum absolute atomic E-state index is 2.89. The molecule has 0 saturated heterocycles. The molecule has 4 aromatic carbocycles. The zero-order valence-electron chi connectivity index (χ0n) is 21.6. The first-order valence-electron chi connectivity index (χ1n) is 12.3. The molecule has 2 aliphatic rings. The van der Waals surface area contributed by atoms with Crippen molar-refractivity contribution in [3.8, 4) is 0 Å². The maximum atomic E-state index is 2.89. The molecule has 38 heavy (non-hydrogen) atoms. The van der Waals surface area contributed by atoms with Crippen molar-refractivity contribution in [3.05, 3.63) is 194 Å². The molecule has 0 aliphatic heterocycles. The van der Waals surface area contributed by atoms with Crippen LogP contribution in [0.1, 0.15) is 25.7 Å². The fourth-order valence-corrected chi connectivity index (χ4v) is 2.45. The summed E-state index contributed by atoms with van der Waals surface area (Å²) in [4.78, 5) is 0. The largest absolute Gasteiger partial charge is 4.00 e. The zero-order chi connectivity index (χ0) is 25.5. The molecule has 0 bridgehead atoms. The Kier molecular flexibility index (Phi) is 33.6. The Morgan fingerprint density at radius 3 is 0.632 bits per heavy atom. The van der Waals surface area contributed by atoms with Gasteiger partial charge in [0.05, 0.1) is 0 Å². The van der Waals surface area contributed by atoms with E-state index in [0.29, 0.717) is 0 Å². The second-order valence-corrected chi connectivity index (χ2v) is 7.16. The van der Waals surface area contributed by atoms with Gasteiger partial charge in [0.15, 0.2) is 0 Å². The van der Waals surface area contributed by atoms with Gasteiger partial charge in [0.2, 0.25) is 0 Å². The van der Waals surface area contributed by atoms with Crippen LogP contribution in [-0.2, 0) is 42.1 Å². The third-order valence-electron chi connectivity index (χ3n) is 4.19. The smallest absolute Gasteiger partial charge is 0.184 e. The first-order valence-corrected chi connectivity index (χ1v) is 12.3. The molecule has 0 radical (unpaired) electrons. The average molecular weight is 859 g/mol. The Hall–Kier alpha value is -2.78. The van der Waals surface area contributed by atoms with E-state index in [2.05, 4.69) is 72.9 Å². The van der Waals surface area contributed by atoms with Crippen LogP contribution in [0.15, 0.2) is 170 Å². The first kappa shape index (κ1) is 37.4. The Labute approximate surface area is 260 Å². The zero-order valence-corrected chi connectivity index (χ0v) is 26.2. The SMILES string of the molecule is C1=CCC=CC1.C1=CCCC=C1.[Pt+4].[Pt].[c-]1ccccc1.[c-]1ccccc1.[c-]1ccccc1.[c-]1ccccc1. The molecular formula is C36H36Pt2. The van der Waals surface area contributed by atoms with E-state index in [0.717, 1.165) is 12.8 Å². The van der Waals surface area contributed by atoms with Gasteiger partial charge in [-0.3, -0.25) is 0 Å². The Bertz CT molecular complexity index is 745.